The minimum Gasteiger partial charge on any atom is -0.397 e. The highest BCUT2D eigenvalue weighted by molar-refractivity contribution is 7.99. The molecule has 0 bridgehead atoms. The van der Waals surface area contributed by atoms with E-state index in [1.54, 1.807) is 12.1 Å². The number of para-hydroxylation sites is 1. The van der Waals surface area contributed by atoms with Gasteiger partial charge in [-0.05, 0) is 12.1 Å². The fraction of sp³-hybridized carbons (Fsp3) is 0.400. The molecule has 2 N–H and O–H groups in total. The monoisotopic (exact) mass is 212 g/mol. The number of halogens is 1. The van der Waals surface area contributed by atoms with Crippen LogP contribution >= 0.6 is 11.8 Å². The van der Waals surface area contributed by atoms with Crippen molar-refractivity contribution in [3.63, 3.8) is 0 Å². The van der Waals surface area contributed by atoms with Crippen LogP contribution in [0, 0.1) is 5.82 Å². The fourth-order valence-electron chi connectivity index (χ4n) is 1.65. The predicted molar refractivity (Wildman–Crippen MR) is 60.4 cm³/mol. The van der Waals surface area contributed by atoms with Gasteiger partial charge < -0.3 is 10.6 Å². The summed E-state index contributed by atoms with van der Waals surface area (Å²) in [6.07, 6.45) is 0. The molecule has 14 heavy (non-hydrogen) atoms. The molecule has 0 saturated carbocycles. The Hall–Kier alpha value is -0.900. The summed E-state index contributed by atoms with van der Waals surface area (Å²) in [6, 6.07) is 4.86. The first-order valence-electron chi connectivity index (χ1n) is 4.66. The van der Waals surface area contributed by atoms with Crippen LogP contribution in [0.5, 0.6) is 0 Å². The van der Waals surface area contributed by atoms with Crippen molar-refractivity contribution in [2.75, 3.05) is 35.2 Å². The van der Waals surface area contributed by atoms with E-state index in [2.05, 4.69) is 0 Å². The molecule has 1 fully saturated rings. The zero-order chi connectivity index (χ0) is 9.97. The van der Waals surface area contributed by atoms with Gasteiger partial charge in [0.05, 0.1) is 11.4 Å². The topological polar surface area (TPSA) is 29.3 Å². The van der Waals surface area contributed by atoms with Crippen molar-refractivity contribution in [1.82, 2.24) is 0 Å². The number of anilines is 2. The first-order chi connectivity index (χ1) is 6.79. The van der Waals surface area contributed by atoms with Crippen LogP contribution in [0.2, 0.25) is 0 Å². The van der Waals surface area contributed by atoms with E-state index in [9.17, 15) is 4.39 Å². The van der Waals surface area contributed by atoms with Gasteiger partial charge in [-0.3, -0.25) is 0 Å². The summed E-state index contributed by atoms with van der Waals surface area (Å²) < 4.78 is 13.5. The Kier molecular flexibility index (Phi) is 2.82. The van der Waals surface area contributed by atoms with E-state index >= 15 is 0 Å². The lowest BCUT2D eigenvalue weighted by Crippen LogP contribution is -2.33. The molecule has 0 unspecified atom stereocenters. The maximum Gasteiger partial charge on any atom is 0.148 e. The molecule has 4 heteroatoms. The summed E-state index contributed by atoms with van der Waals surface area (Å²) in [5, 5.41) is 0. The quantitative estimate of drug-likeness (QED) is 0.722. The smallest absolute Gasteiger partial charge is 0.148 e. The Morgan fingerprint density at radius 1 is 1.29 bits per heavy atom. The van der Waals surface area contributed by atoms with Crippen molar-refractivity contribution in [2.24, 2.45) is 0 Å². The average Bonchev–Trinajstić information content (AvgIpc) is 2.19. The second-order valence-corrected chi connectivity index (χ2v) is 4.50. The van der Waals surface area contributed by atoms with Crippen LogP contribution in [0.4, 0.5) is 15.8 Å². The maximum atomic E-state index is 13.5. The van der Waals surface area contributed by atoms with Crippen LogP contribution in [0.1, 0.15) is 0 Å². The highest BCUT2D eigenvalue weighted by Crippen LogP contribution is 2.28. The minimum absolute atomic E-state index is 0.211. The van der Waals surface area contributed by atoms with Crippen LogP contribution in [-0.2, 0) is 0 Å². The number of hydrogen-bond acceptors (Lipinski definition) is 3. The van der Waals surface area contributed by atoms with Gasteiger partial charge in [-0.25, -0.2) is 4.39 Å². The fourth-order valence-corrected chi connectivity index (χ4v) is 2.56. The van der Waals surface area contributed by atoms with Crippen LogP contribution < -0.4 is 10.6 Å². The molecule has 1 aromatic carbocycles. The summed E-state index contributed by atoms with van der Waals surface area (Å²) in [4.78, 5) is 2.03. The third kappa shape index (κ3) is 1.80. The molecule has 76 valence electrons. The van der Waals surface area contributed by atoms with Gasteiger partial charge in [0.15, 0.2) is 0 Å². The standard InChI is InChI=1S/C10H13FN2S/c11-8-2-1-3-9(12)10(8)13-4-6-14-7-5-13/h1-3H,4-7,12H2. The molecular weight excluding hydrogens is 199 g/mol. The Labute approximate surface area is 87.3 Å². The van der Waals surface area contributed by atoms with Crippen molar-refractivity contribution >= 4 is 23.1 Å². The van der Waals surface area contributed by atoms with Crippen molar-refractivity contribution in [3.05, 3.63) is 24.0 Å². The SMILES string of the molecule is Nc1cccc(F)c1N1CCSCC1. The Bertz CT molecular complexity index is 304. The molecule has 0 radical (unpaired) electrons. The van der Waals surface area contributed by atoms with Gasteiger partial charge in [-0.15, -0.1) is 0 Å². The number of nitrogens with two attached hydrogens (primary N) is 1. The molecule has 0 spiro atoms. The summed E-state index contributed by atoms with van der Waals surface area (Å²) in [6.45, 7) is 1.77. The molecule has 2 rings (SSSR count). The van der Waals surface area contributed by atoms with Gasteiger partial charge in [-0.1, -0.05) is 6.07 Å². The van der Waals surface area contributed by atoms with E-state index < -0.39 is 0 Å². The lowest BCUT2D eigenvalue weighted by atomic mass is 10.2. The zero-order valence-electron chi connectivity index (χ0n) is 7.87. The molecule has 0 atom stereocenters. The minimum atomic E-state index is -0.211. The van der Waals surface area contributed by atoms with E-state index in [1.807, 2.05) is 16.7 Å². The van der Waals surface area contributed by atoms with Gasteiger partial charge >= 0.3 is 0 Å². The van der Waals surface area contributed by atoms with Crippen LogP contribution in [0.3, 0.4) is 0 Å². The first kappa shape index (κ1) is 9.65. The van der Waals surface area contributed by atoms with Gasteiger partial charge in [-0.2, -0.15) is 11.8 Å². The van der Waals surface area contributed by atoms with E-state index in [4.69, 9.17) is 5.73 Å². The Morgan fingerprint density at radius 2 is 2.00 bits per heavy atom. The summed E-state index contributed by atoms with van der Waals surface area (Å²) >= 11 is 1.90. The zero-order valence-corrected chi connectivity index (χ0v) is 8.69. The summed E-state index contributed by atoms with van der Waals surface area (Å²) in [5.74, 6) is 1.89. The molecule has 1 saturated heterocycles. The van der Waals surface area contributed by atoms with Crippen molar-refractivity contribution in [1.29, 1.82) is 0 Å². The van der Waals surface area contributed by atoms with Gasteiger partial charge in [0.25, 0.3) is 0 Å². The second kappa shape index (κ2) is 4.09. The Morgan fingerprint density at radius 3 is 2.64 bits per heavy atom. The lowest BCUT2D eigenvalue weighted by Gasteiger charge is -2.29. The first-order valence-corrected chi connectivity index (χ1v) is 5.81. The van der Waals surface area contributed by atoms with Gasteiger partial charge in [0.2, 0.25) is 0 Å². The normalized spacial score (nSPS) is 17.1. The molecule has 0 aliphatic carbocycles. The molecule has 0 amide bonds. The molecule has 0 aromatic heterocycles. The number of rotatable bonds is 1. The van der Waals surface area contributed by atoms with Crippen LogP contribution in [0.25, 0.3) is 0 Å². The van der Waals surface area contributed by atoms with Crippen molar-refractivity contribution in [2.45, 2.75) is 0 Å². The molecule has 1 heterocycles. The van der Waals surface area contributed by atoms with Gasteiger partial charge in [0, 0.05) is 24.6 Å². The molecule has 1 aliphatic rings. The highest BCUT2D eigenvalue weighted by Gasteiger charge is 2.16. The number of thioether (sulfide) groups is 1. The third-order valence-electron chi connectivity index (χ3n) is 2.35. The molecule has 1 aliphatic heterocycles. The molecule has 1 aromatic rings. The Balaban J connectivity index is 2.29. The highest BCUT2D eigenvalue weighted by atomic mass is 32.2. The van der Waals surface area contributed by atoms with E-state index in [-0.39, 0.29) is 5.82 Å². The van der Waals surface area contributed by atoms with Crippen LogP contribution in [0.15, 0.2) is 18.2 Å². The third-order valence-corrected chi connectivity index (χ3v) is 3.29. The van der Waals surface area contributed by atoms with E-state index in [0.29, 0.717) is 11.4 Å². The second-order valence-electron chi connectivity index (χ2n) is 3.28. The lowest BCUT2D eigenvalue weighted by molar-refractivity contribution is 0.620. The average molecular weight is 212 g/mol. The number of hydrogen-bond donors (Lipinski definition) is 1. The van der Waals surface area contributed by atoms with Crippen molar-refractivity contribution < 1.29 is 4.39 Å². The number of benzene rings is 1. The summed E-state index contributed by atoms with van der Waals surface area (Å²) in [7, 11) is 0. The molecular formula is C10H13FN2S. The van der Waals surface area contributed by atoms with Crippen LogP contribution in [-0.4, -0.2) is 24.6 Å². The largest absolute Gasteiger partial charge is 0.397 e. The predicted octanol–water partition coefficient (Wildman–Crippen LogP) is 1.96. The molecule has 2 nitrogen and oxygen atoms in total. The number of nitrogens with zero attached hydrogens (tertiary/aromatic N) is 1. The van der Waals surface area contributed by atoms with E-state index in [0.717, 1.165) is 24.6 Å². The van der Waals surface area contributed by atoms with Gasteiger partial charge in [0.1, 0.15) is 5.82 Å². The van der Waals surface area contributed by atoms with E-state index in [1.165, 1.54) is 6.07 Å². The number of nitrogen functional groups attached to an aromatic ring is 1. The van der Waals surface area contributed by atoms with Crippen molar-refractivity contribution in [3.8, 4) is 0 Å². The maximum absolute atomic E-state index is 13.5. The summed E-state index contributed by atoms with van der Waals surface area (Å²) in [5.41, 5.74) is 6.88.